The maximum absolute atomic E-state index is 12.6. The molecular formula is C52H58O13. The Balaban J connectivity index is 1.38. The van der Waals surface area contributed by atoms with Gasteiger partial charge in [-0.25, -0.2) is 0 Å². The summed E-state index contributed by atoms with van der Waals surface area (Å²) in [6, 6.07) is 47.6. The molecule has 1 aliphatic heterocycles. The number of Topliss-reactive ketones (excluding diaryl/α,β-unsaturated/α-hetero) is 1. The summed E-state index contributed by atoms with van der Waals surface area (Å²) in [5.74, 6) is -1.64. The average Bonchev–Trinajstić information content (AvgIpc) is 3.34. The molecule has 1 heterocycles. The van der Waals surface area contributed by atoms with Crippen LogP contribution in [-0.2, 0) is 80.5 Å². The van der Waals surface area contributed by atoms with Crippen LogP contribution in [0.1, 0.15) is 47.6 Å². The summed E-state index contributed by atoms with van der Waals surface area (Å²) in [5.41, 5.74) is 4.28. The predicted molar refractivity (Wildman–Crippen MR) is 240 cm³/mol. The van der Waals surface area contributed by atoms with Crippen molar-refractivity contribution in [1.82, 2.24) is 0 Å². The van der Waals surface area contributed by atoms with Crippen molar-refractivity contribution in [3.63, 3.8) is 0 Å². The Morgan fingerprint density at radius 1 is 0.615 bits per heavy atom. The van der Waals surface area contributed by atoms with Crippen LogP contribution < -0.4 is 0 Å². The molecule has 0 amide bonds. The number of ether oxygens (including phenoxy) is 8. The summed E-state index contributed by atoms with van der Waals surface area (Å²) < 4.78 is 51.8. The van der Waals surface area contributed by atoms with Crippen molar-refractivity contribution in [3.8, 4) is 0 Å². The van der Waals surface area contributed by atoms with Gasteiger partial charge in [0.25, 0.3) is 0 Å². The quantitative estimate of drug-likeness (QED) is 0.0363. The molecule has 0 spiro atoms. The Kier molecular flexibility index (Phi) is 19.7. The Morgan fingerprint density at radius 2 is 1.06 bits per heavy atom. The van der Waals surface area contributed by atoms with E-state index in [-0.39, 0.29) is 58.3 Å². The number of aliphatic hydroxyl groups excluding tert-OH is 3. The summed E-state index contributed by atoms with van der Waals surface area (Å²) in [7, 11) is 0. The van der Waals surface area contributed by atoms with Crippen molar-refractivity contribution >= 4 is 11.8 Å². The first-order valence-corrected chi connectivity index (χ1v) is 21.7. The van der Waals surface area contributed by atoms with Crippen molar-refractivity contribution in [2.24, 2.45) is 0 Å². The van der Waals surface area contributed by atoms with Gasteiger partial charge < -0.3 is 58.0 Å². The fraction of sp³-hybridized carbons (Fsp3) is 0.346. The highest BCUT2D eigenvalue weighted by molar-refractivity contribution is 5.80. The van der Waals surface area contributed by atoms with Gasteiger partial charge in [-0.3, -0.25) is 4.79 Å². The van der Waals surface area contributed by atoms with E-state index < -0.39 is 67.4 Å². The summed E-state index contributed by atoms with van der Waals surface area (Å²) in [4.78, 5) is 24.2. The SMILES string of the molecule is CC(=O)CCC(=O)OC[C@@H](O)[C@@H](OCc1ccccc1)[C@H](O[C@@H]1O[C@H](COCc2ccccc2)[C@@H](OCc2ccccc2)[C@H](OCc2ccccc2)[C@H]1OCc1ccccc1)C(O)=CO. The van der Waals surface area contributed by atoms with Crippen LogP contribution in [-0.4, -0.2) is 89.3 Å². The molecule has 8 atom stereocenters. The first-order valence-electron chi connectivity index (χ1n) is 21.7. The average molecular weight is 891 g/mol. The van der Waals surface area contributed by atoms with Crippen molar-refractivity contribution < 1.29 is 62.8 Å². The fourth-order valence-corrected chi connectivity index (χ4v) is 7.18. The topological polar surface area (TPSA) is 169 Å². The van der Waals surface area contributed by atoms with Gasteiger partial charge in [-0.1, -0.05) is 152 Å². The number of carbonyl (C=O) groups excluding carboxylic acids is 2. The molecule has 5 aromatic rings. The number of esters is 1. The Hall–Kier alpha value is -5.74. The lowest BCUT2D eigenvalue weighted by Gasteiger charge is -2.47. The van der Waals surface area contributed by atoms with Gasteiger partial charge in [0.1, 0.15) is 61.4 Å². The minimum Gasteiger partial charge on any atom is -0.512 e. The highest BCUT2D eigenvalue weighted by Gasteiger charge is 2.51. The smallest absolute Gasteiger partial charge is 0.306 e. The largest absolute Gasteiger partial charge is 0.512 e. The second kappa shape index (κ2) is 26.3. The number of aliphatic hydroxyl groups is 3. The molecular weight excluding hydrogens is 833 g/mol. The molecule has 1 aliphatic rings. The Morgan fingerprint density at radius 3 is 1.54 bits per heavy atom. The Bertz CT molecular complexity index is 2140. The second-order valence-corrected chi connectivity index (χ2v) is 15.7. The highest BCUT2D eigenvalue weighted by Crippen LogP contribution is 2.34. The first kappa shape index (κ1) is 48.7. The van der Waals surface area contributed by atoms with Crippen LogP contribution in [0.5, 0.6) is 0 Å². The third-order valence-corrected chi connectivity index (χ3v) is 10.6. The molecule has 0 radical (unpaired) electrons. The zero-order valence-corrected chi connectivity index (χ0v) is 36.4. The predicted octanol–water partition coefficient (Wildman–Crippen LogP) is 7.89. The standard InChI is InChI=1S/C52H58O13/c1-37(54)27-28-46(57)59-35-44(56)47(60-31-39-19-9-3-10-20-39)48(43(55)29-53)65-52-51(63-34-42-25-15-6-16-26-42)50(62-33-41-23-13-5-14-24-41)49(61-32-40-21-11-4-12-22-40)45(64-52)36-58-30-38-17-7-2-8-18-38/h2-26,29,44-45,47-53,55-56H,27-28,30-36H2,1H3/t44-,45-,47-,48-,49-,50+,51-,52+/m1/s1. The highest BCUT2D eigenvalue weighted by atomic mass is 16.7. The number of hydrogen-bond donors (Lipinski definition) is 3. The van der Waals surface area contributed by atoms with Crippen LogP contribution in [0.25, 0.3) is 0 Å². The third-order valence-electron chi connectivity index (χ3n) is 10.6. The van der Waals surface area contributed by atoms with Crippen LogP contribution >= 0.6 is 0 Å². The number of hydrogen-bond acceptors (Lipinski definition) is 13. The molecule has 6 rings (SSSR count). The molecule has 3 N–H and O–H groups in total. The van der Waals surface area contributed by atoms with E-state index in [1.54, 1.807) is 0 Å². The first-order chi connectivity index (χ1) is 31.8. The molecule has 0 unspecified atom stereocenters. The summed E-state index contributed by atoms with van der Waals surface area (Å²) in [6.45, 7) is 1.37. The number of carbonyl (C=O) groups is 2. The normalized spacial score (nSPS) is 20.1. The van der Waals surface area contributed by atoms with Crippen molar-refractivity contribution in [2.75, 3.05) is 13.2 Å². The zero-order valence-electron chi connectivity index (χ0n) is 36.4. The minimum atomic E-state index is -1.65. The number of benzene rings is 5. The molecule has 0 aromatic heterocycles. The van der Waals surface area contributed by atoms with E-state index in [1.165, 1.54) is 6.92 Å². The van der Waals surface area contributed by atoms with Gasteiger partial charge in [-0.05, 0) is 34.7 Å². The molecule has 65 heavy (non-hydrogen) atoms. The van der Waals surface area contributed by atoms with Gasteiger partial charge in [0.05, 0.1) is 46.1 Å². The van der Waals surface area contributed by atoms with Crippen LogP contribution in [0, 0.1) is 0 Å². The molecule has 13 heteroatoms. The lowest BCUT2D eigenvalue weighted by atomic mass is 9.97. The van der Waals surface area contributed by atoms with Crippen molar-refractivity contribution in [1.29, 1.82) is 0 Å². The van der Waals surface area contributed by atoms with E-state index in [2.05, 4.69) is 0 Å². The fourth-order valence-electron chi connectivity index (χ4n) is 7.18. The van der Waals surface area contributed by atoms with Gasteiger partial charge >= 0.3 is 5.97 Å². The molecule has 1 fully saturated rings. The van der Waals surface area contributed by atoms with Crippen LogP contribution in [0.15, 0.2) is 164 Å². The maximum Gasteiger partial charge on any atom is 0.306 e. The van der Waals surface area contributed by atoms with E-state index in [4.69, 9.17) is 37.9 Å². The van der Waals surface area contributed by atoms with Crippen molar-refractivity contribution in [2.45, 2.75) is 102 Å². The molecule has 0 saturated carbocycles. The molecule has 5 aromatic carbocycles. The van der Waals surface area contributed by atoms with Crippen molar-refractivity contribution in [3.05, 3.63) is 191 Å². The lowest BCUT2D eigenvalue weighted by Crippen LogP contribution is -2.63. The molecule has 13 nitrogen and oxygen atoms in total. The van der Waals surface area contributed by atoms with Gasteiger partial charge in [0, 0.05) is 6.42 Å². The molecule has 1 saturated heterocycles. The van der Waals surface area contributed by atoms with E-state index in [0.29, 0.717) is 6.26 Å². The minimum absolute atomic E-state index is 0.00404. The van der Waals surface area contributed by atoms with Gasteiger partial charge in [0.15, 0.2) is 12.0 Å². The van der Waals surface area contributed by atoms with Crippen LogP contribution in [0.2, 0.25) is 0 Å². The summed E-state index contributed by atoms with van der Waals surface area (Å²) in [5, 5.41) is 33.6. The van der Waals surface area contributed by atoms with Gasteiger partial charge in [-0.2, -0.15) is 0 Å². The molecule has 344 valence electrons. The second-order valence-electron chi connectivity index (χ2n) is 15.7. The van der Waals surface area contributed by atoms with E-state index in [0.717, 1.165) is 27.8 Å². The van der Waals surface area contributed by atoms with E-state index >= 15 is 0 Å². The number of rotatable bonds is 26. The maximum atomic E-state index is 12.6. The Labute approximate surface area is 380 Å². The zero-order chi connectivity index (χ0) is 45.6. The summed E-state index contributed by atoms with van der Waals surface area (Å²) >= 11 is 0. The summed E-state index contributed by atoms with van der Waals surface area (Å²) in [6.07, 6.45) is -9.65. The van der Waals surface area contributed by atoms with Crippen LogP contribution in [0.3, 0.4) is 0 Å². The third kappa shape index (κ3) is 15.7. The molecule has 0 bridgehead atoms. The van der Waals surface area contributed by atoms with Gasteiger partial charge in [0.2, 0.25) is 0 Å². The van der Waals surface area contributed by atoms with E-state index in [1.807, 2.05) is 152 Å². The van der Waals surface area contributed by atoms with Crippen LogP contribution in [0.4, 0.5) is 0 Å². The van der Waals surface area contributed by atoms with E-state index in [9.17, 15) is 24.9 Å². The number of ketones is 1. The molecule has 0 aliphatic carbocycles. The monoisotopic (exact) mass is 890 g/mol. The van der Waals surface area contributed by atoms with Gasteiger partial charge in [-0.15, -0.1) is 0 Å². The lowest BCUT2D eigenvalue weighted by molar-refractivity contribution is -0.342.